The third-order valence-electron chi connectivity index (χ3n) is 3.14. The van der Waals surface area contributed by atoms with Gasteiger partial charge in [-0.15, -0.1) is 0 Å². The summed E-state index contributed by atoms with van der Waals surface area (Å²) in [6, 6.07) is 5.86. The Hall–Kier alpha value is -1.42. The van der Waals surface area contributed by atoms with Crippen molar-refractivity contribution < 1.29 is 4.79 Å². The summed E-state index contributed by atoms with van der Waals surface area (Å²) in [6.07, 6.45) is 3.85. The largest absolute Gasteiger partial charge is 0.352 e. The van der Waals surface area contributed by atoms with Crippen LogP contribution in [0.2, 0.25) is 0 Å². The minimum absolute atomic E-state index is 0.0451. The molecule has 1 aromatic rings. The molecule has 0 saturated carbocycles. The Bertz CT molecular complexity index is 380. The van der Waals surface area contributed by atoms with Gasteiger partial charge in [-0.2, -0.15) is 0 Å². The third-order valence-corrected chi connectivity index (χ3v) is 3.14. The number of carbonyl (C=O) groups is 1. The van der Waals surface area contributed by atoms with Gasteiger partial charge in [0, 0.05) is 18.3 Å². The summed E-state index contributed by atoms with van der Waals surface area (Å²) in [4.78, 5) is 16.3. The second kappa shape index (κ2) is 7.89. The second-order valence-corrected chi connectivity index (χ2v) is 5.06. The average molecular weight is 263 g/mol. The summed E-state index contributed by atoms with van der Waals surface area (Å²) in [7, 11) is 0. The van der Waals surface area contributed by atoms with Gasteiger partial charge in [0.1, 0.15) is 0 Å². The van der Waals surface area contributed by atoms with E-state index in [4.69, 9.17) is 0 Å². The Balaban J connectivity index is 2.45. The lowest BCUT2D eigenvalue weighted by molar-refractivity contribution is -0.123. The fourth-order valence-electron chi connectivity index (χ4n) is 2.04. The van der Waals surface area contributed by atoms with E-state index in [1.165, 1.54) is 0 Å². The zero-order valence-electron chi connectivity index (χ0n) is 12.3. The number of pyridine rings is 1. The van der Waals surface area contributed by atoms with E-state index in [0.29, 0.717) is 0 Å². The first kappa shape index (κ1) is 15.6. The van der Waals surface area contributed by atoms with Crippen molar-refractivity contribution in [1.29, 1.82) is 0 Å². The van der Waals surface area contributed by atoms with Crippen LogP contribution in [0, 0.1) is 0 Å². The molecule has 4 heteroatoms. The lowest BCUT2D eigenvalue weighted by Crippen LogP contribution is -2.46. The van der Waals surface area contributed by atoms with Crippen molar-refractivity contribution in [2.24, 2.45) is 0 Å². The molecule has 1 rings (SSSR count). The molecule has 0 aliphatic carbocycles. The van der Waals surface area contributed by atoms with Crippen molar-refractivity contribution in [3.63, 3.8) is 0 Å². The third kappa shape index (κ3) is 5.39. The van der Waals surface area contributed by atoms with E-state index in [-0.39, 0.29) is 24.0 Å². The molecule has 0 spiro atoms. The van der Waals surface area contributed by atoms with Gasteiger partial charge in [0.25, 0.3) is 0 Å². The van der Waals surface area contributed by atoms with Crippen LogP contribution in [-0.4, -0.2) is 23.0 Å². The summed E-state index contributed by atoms with van der Waals surface area (Å²) in [5, 5.41) is 6.28. The SMILES string of the molecule is CCCC(C)NC(=O)C(C)NC(C)c1ccccn1. The van der Waals surface area contributed by atoms with E-state index in [9.17, 15) is 4.79 Å². The fourth-order valence-corrected chi connectivity index (χ4v) is 2.04. The fraction of sp³-hybridized carbons (Fsp3) is 0.600. The number of nitrogens with zero attached hydrogens (tertiary/aromatic N) is 1. The summed E-state index contributed by atoms with van der Waals surface area (Å²) in [5.74, 6) is 0.0451. The molecule has 0 saturated heterocycles. The standard InChI is InChI=1S/C15H25N3O/c1-5-8-11(2)17-15(19)13(4)18-12(3)14-9-6-7-10-16-14/h6-7,9-13,18H,5,8H2,1-4H3,(H,17,19). The molecule has 106 valence electrons. The molecule has 0 aliphatic heterocycles. The lowest BCUT2D eigenvalue weighted by Gasteiger charge is -2.21. The molecule has 3 unspecified atom stereocenters. The number of hydrogen-bond donors (Lipinski definition) is 2. The van der Waals surface area contributed by atoms with E-state index in [0.717, 1.165) is 18.5 Å². The highest BCUT2D eigenvalue weighted by atomic mass is 16.2. The first-order valence-electron chi connectivity index (χ1n) is 7.02. The van der Waals surface area contributed by atoms with Gasteiger partial charge in [0.2, 0.25) is 5.91 Å². The van der Waals surface area contributed by atoms with Crippen LogP contribution in [-0.2, 0) is 4.79 Å². The van der Waals surface area contributed by atoms with Gasteiger partial charge in [0.15, 0.2) is 0 Å². The van der Waals surface area contributed by atoms with Crippen LogP contribution in [0.15, 0.2) is 24.4 Å². The molecule has 0 aliphatic rings. The van der Waals surface area contributed by atoms with E-state index in [2.05, 4.69) is 22.5 Å². The first-order chi connectivity index (χ1) is 9.04. The Morgan fingerprint density at radius 1 is 1.32 bits per heavy atom. The van der Waals surface area contributed by atoms with Crippen LogP contribution in [0.5, 0.6) is 0 Å². The molecular weight excluding hydrogens is 238 g/mol. The highest BCUT2D eigenvalue weighted by molar-refractivity contribution is 5.81. The number of hydrogen-bond acceptors (Lipinski definition) is 3. The Morgan fingerprint density at radius 2 is 2.05 bits per heavy atom. The molecule has 2 N–H and O–H groups in total. The molecule has 1 aromatic heterocycles. The van der Waals surface area contributed by atoms with Crippen molar-refractivity contribution in [2.45, 2.75) is 58.7 Å². The Morgan fingerprint density at radius 3 is 2.63 bits per heavy atom. The van der Waals surface area contributed by atoms with Gasteiger partial charge < -0.3 is 5.32 Å². The maximum Gasteiger partial charge on any atom is 0.237 e. The van der Waals surface area contributed by atoms with Crippen molar-refractivity contribution in [1.82, 2.24) is 15.6 Å². The maximum absolute atomic E-state index is 12.0. The zero-order valence-corrected chi connectivity index (χ0v) is 12.3. The Labute approximate surface area is 116 Å². The highest BCUT2D eigenvalue weighted by Gasteiger charge is 2.17. The second-order valence-electron chi connectivity index (χ2n) is 5.06. The normalized spacial score (nSPS) is 15.6. The number of nitrogens with one attached hydrogen (secondary N) is 2. The molecule has 0 aromatic carbocycles. The van der Waals surface area contributed by atoms with E-state index < -0.39 is 0 Å². The van der Waals surface area contributed by atoms with Crippen molar-refractivity contribution in [3.05, 3.63) is 30.1 Å². The monoisotopic (exact) mass is 263 g/mol. The van der Waals surface area contributed by atoms with Crippen LogP contribution in [0.1, 0.15) is 52.3 Å². The van der Waals surface area contributed by atoms with Crippen molar-refractivity contribution >= 4 is 5.91 Å². The van der Waals surface area contributed by atoms with Crippen molar-refractivity contribution in [2.75, 3.05) is 0 Å². The van der Waals surface area contributed by atoms with Crippen LogP contribution >= 0.6 is 0 Å². The smallest absolute Gasteiger partial charge is 0.237 e. The lowest BCUT2D eigenvalue weighted by atomic mass is 10.1. The topological polar surface area (TPSA) is 54.0 Å². The van der Waals surface area contributed by atoms with E-state index >= 15 is 0 Å². The van der Waals surface area contributed by atoms with Crippen LogP contribution in [0.25, 0.3) is 0 Å². The van der Waals surface area contributed by atoms with Gasteiger partial charge in [-0.05, 0) is 39.3 Å². The number of rotatable bonds is 7. The number of carbonyl (C=O) groups excluding carboxylic acids is 1. The Kier molecular flexibility index (Phi) is 6.50. The molecule has 0 fully saturated rings. The van der Waals surface area contributed by atoms with Gasteiger partial charge in [0.05, 0.1) is 11.7 Å². The maximum atomic E-state index is 12.0. The van der Waals surface area contributed by atoms with Gasteiger partial charge in [-0.1, -0.05) is 19.4 Å². The van der Waals surface area contributed by atoms with E-state index in [1.807, 2.05) is 39.0 Å². The summed E-state index contributed by atoms with van der Waals surface area (Å²) < 4.78 is 0. The van der Waals surface area contributed by atoms with Crippen molar-refractivity contribution in [3.8, 4) is 0 Å². The number of amides is 1. The quantitative estimate of drug-likeness (QED) is 0.794. The van der Waals surface area contributed by atoms with Gasteiger partial charge >= 0.3 is 0 Å². The molecule has 1 amide bonds. The molecule has 0 bridgehead atoms. The molecular formula is C15H25N3O. The zero-order chi connectivity index (χ0) is 14.3. The van der Waals surface area contributed by atoms with Crippen LogP contribution in [0.4, 0.5) is 0 Å². The first-order valence-corrected chi connectivity index (χ1v) is 7.02. The molecule has 4 nitrogen and oxygen atoms in total. The minimum Gasteiger partial charge on any atom is -0.352 e. The van der Waals surface area contributed by atoms with Gasteiger partial charge in [-0.3, -0.25) is 15.1 Å². The number of aromatic nitrogens is 1. The molecule has 19 heavy (non-hydrogen) atoms. The summed E-state index contributed by atoms with van der Waals surface area (Å²) in [6.45, 7) is 8.05. The average Bonchev–Trinajstić information content (AvgIpc) is 2.39. The molecule has 3 atom stereocenters. The van der Waals surface area contributed by atoms with Crippen LogP contribution in [0.3, 0.4) is 0 Å². The summed E-state index contributed by atoms with van der Waals surface area (Å²) >= 11 is 0. The van der Waals surface area contributed by atoms with E-state index in [1.54, 1.807) is 6.20 Å². The molecule has 1 heterocycles. The minimum atomic E-state index is -0.226. The van der Waals surface area contributed by atoms with Gasteiger partial charge in [-0.25, -0.2) is 0 Å². The predicted molar refractivity (Wildman–Crippen MR) is 77.8 cm³/mol. The summed E-state index contributed by atoms with van der Waals surface area (Å²) in [5.41, 5.74) is 0.948. The highest BCUT2D eigenvalue weighted by Crippen LogP contribution is 2.09. The molecule has 0 radical (unpaired) electrons. The van der Waals surface area contributed by atoms with Crippen LogP contribution < -0.4 is 10.6 Å². The predicted octanol–water partition coefficient (Wildman–Crippen LogP) is 2.43.